The summed E-state index contributed by atoms with van der Waals surface area (Å²) in [6, 6.07) is 0. The number of unbranched alkanes of at least 4 members (excludes halogenated alkanes) is 7. The second-order valence-corrected chi connectivity index (χ2v) is 5.54. The molecule has 1 fully saturated rings. The Balaban J connectivity index is 2.14. The number of hydrogen-bond donors (Lipinski definition) is 0. The molecule has 1 saturated heterocycles. The number of terminal acetylenes is 1. The fourth-order valence-electron chi connectivity index (χ4n) is 2.71. The minimum atomic E-state index is -0.250. The molecular formula is C17H30O2. The molecule has 0 aliphatic carbocycles. The lowest BCUT2D eigenvalue weighted by Crippen LogP contribution is -2.30. The van der Waals surface area contributed by atoms with E-state index in [9.17, 15) is 0 Å². The third-order valence-corrected chi connectivity index (χ3v) is 3.85. The summed E-state index contributed by atoms with van der Waals surface area (Å²) >= 11 is 0. The molecule has 0 radical (unpaired) electrons. The predicted octanol–water partition coefficient (Wildman–Crippen LogP) is 4.67. The predicted molar refractivity (Wildman–Crippen MR) is 79.9 cm³/mol. The van der Waals surface area contributed by atoms with Crippen LogP contribution in [-0.2, 0) is 9.47 Å². The van der Waals surface area contributed by atoms with Crippen LogP contribution in [0.5, 0.6) is 0 Å². The number of rotatable bonds is 11. The summed E-state index contributed by atoms with van der Waals surface area (Å²) in [6.07, 6.45) is 18.2. The van der Waals surface area contributed by atoms with Crippen LogP contribution in [0.1, 0.15) is 77.6 Å². The summed E-state index contributed by atoms with van der Waals surface area (Å²) in [6.45, 7) is 3.78. The molecule has 0 atom stereocenters. The van der Waals surface area contributed by atoms with Crippen molar-refractivity contribution in [3.8, 4) is 12.3 Å². The first-order valence-electron chi connectivity index (χ1n) is 8.04. The highest BCUT2D eigenvalue weighted by atomic mass is 16.7. The second-order valence-electron chi connectivity index (χ2n) is 5.54. The highest BCUT2D eigenvalue weighted by molar-refractivity contribution is 4.82. The topological polar surface area (TPSA) is 18.5 Å². The van der Waals surface area contributed by atoms with Crippen LogP contribution in [0.2, 0.25) is 0 Å². The molecule has 0 spiro atoms. The highest BCUT2D eigenvalue weighted by Crippen LogP contribution is 2.31. The maximum absolute atomic E-state index is 5.89. The van der Waals surface area contributed by atoms with Crippen molar-refractivity contribution in [3.63, 3.8) is 0 Å². The van der Waals surface area contributed by atoms with Crippen molar-refractivity contribution in [1.82, 2.24) is 0 Å². The molecule has 0 aromatic carbocycles. The van der Waals surface area contributed by atoms with Crippen molar-refractivity contribution in [2.45, 2.75) is 83.3 Å². The first-order chi connectivity index (χ1) is 9.33. The molecule has 2 nitrogen and oxygen atoms in total. The molecule has 0 aromatic heterocycles. The van der Waals surface area contributed by atoms with Gasteiger partial charge in [0.2, 0.25) is 0 Å². The fraction of sp³-hybridized carbons (Fsp3) is 0.882. The zero-order valence-electron chi connectivity index (χ0n) is 12.6. The van der Waals surface area contributed by atoms with Crippen molar-refractivity contribution >= 4 is 0 Å². The summed E-state index contributed by atoms with van der Waals surface area (Å²) in [5.74, 6) is 2.45. The Bertz CT molecular complexity index is 248. The summed E-state index contributed by atoms with van der Waals surface area (Å²) in [5.41, 5.74) is 0. The molecule has 1 aliphatic rings. The van der Waals surface area contributed by atoms with E-state index >= 15 is 0 Å². The molecule has 0 aromatic rings. The Morgan fingerprint density at radius 1 is 0.895 bits per heavy atom. The average Bonchev–Trinajstić information content (AvgIpc) is 2.88. The largest absolute Gasteiger partial charge is 0.348 e. The van der Waals surface area contributed by atoms with Crippen molar-refractivity contribution in [3.05, 3.63) is 0 Å². The van der Waals surface area contributed by atoms with Gasteiger partial charge in [0.15, 0.2) is 5.79 Å². The second kappa shape index (κ2) is 10.3. The molecule has 19 heavy (non-hydrogen) atoms. The number of hydrogen-bond acceptors (Lipinski definition) is 2. The summed E-state index contributed by atoms with van der Waals surface area (Å²) in [4.78, 5) is 0. The van der Waals surface area contributed by atoms with Gasteiger partial charge in [-0.1, -0.05) is 39.0 Å². The van der Waals surface area contributed by atoms with Gasteiger partial charge in [0.05, 0.1) is 13.2 Å². The van der Waals surface area contributed by atoms with E-state index < -0.39 is 0 Å². The summed E-state index contributed by atoms with van der Waals surface area (Å²) < 4.78 is 11.8. The highest BCUT2D eigenvalue weighted by Gasteiger charge is 2.34. The van der Waals surface area contributed by atoms with Crippen molar-refractivity contribution in [2.75, 3.05) is 13.2 Å². The van der Waals surface area contributed by atoms with E-state index in [-0.39, 0.29) is 5.79 Å². The Morgan fingerprint density at radius 2 is 1.47 bits per heavy atom. The maximum Gasteiger partial charge on any atom is 0.168 e. The van der Waals surface area contributed by atoms with Crippen molar-refractivity contribution in [1.29, 1.82) is 0 Å². The van der Waals surface area contributed by atoms with Crippen LogP contribution in [0, 0.1) is 12.3 Å². The summed E-state index contributed by atoms with van der Waals surface area (Å²) in [7, 11) is 0. The van der Waals surface area contributed by atoms with Gasteiger partial charge in [0.25, 0.3) is 0 Å². The number of ether oxygens (including phenoxy) is 2. The van der Waals surface area contributed by atoms with E-state index in [4.69, 9.17) is 15.9 Å². The van der Waals surface area contributed by atoms with E-state index in [1.54, 1.807) is 0 Å². The van der Waals surface area contributed by atoms with Gasteiger partial charge in [-0.15, -0.1) is 12.3 Å². The van der Waals surface area contributed by atoms with Crippen LogP contribution >= 0.6 is 0 Å². The van der Waals surface area contributed by atoms with Gasteiger partial charge in [0.1, 0.15) is 0 Å². The van der Waals surface area contributed by atoms with Crippen LogP contribution in [0.25, 0.3) is 0 Å². The van der Waals surface area contributed by atoms with Crippen LogP contribution in [0.15, 0.2) is 0 Å². The lowest BCUT2D eigenvalue weighted by molar-refractivity contribution is -0.168. The van der Waals surface area contributed by atoms with E-state index in [1.165, 1.54) is 44.9 Å². The fourth-order valence-corrected chi connectivity index (χ4v) is 2.71. The lowest BCUT2D eigenvalue weighted by atomic mass is 9.99. The molecule has 110 valence electrons. The normalized spacial score (nSPS) is 17.5. The Hall–Kier alpha value is -0.520. The minimum Gasteiger partial charge on any atom is -0.348 e. The van der Waals surface area contributed by atoms with Crippen molar-refractivity contribution < 1.29 is 9.47 Å². The van der Waals surface area contributed by atoms with Gasteiger partial charge in [-0.25, -0.2) is 0 Å². The Labute approximate surface area is 119 Å². The van der Waals surface area contributed by atoms with Crippen LogP contribution in [0.4, 0.5) is 0 Å². The molecule has 2 heteroatoms. The maximum atomic E-state index is 5.89. The van der Waals surface area contributed by atoms with Crippen molar-refractivity contribution in [2.24, 2.45) is 0 Å². The molecule has 1 heterocycles. The molecule has 0 saturated carbocycles. The zero-order valence-corrected chi connectivity index (χ0v) is 12.6. The lowest BCUT2D eigenvalue weighted by Gasteiger charge is -2.27. The average molecular weight is 266 g/mol. The van der Waals surface area contributed by atoms with Gasteiger partial charge in [-0.05, 0) is 19.3 Å². The molecular weight excluding hydrogens is 236 g/mol. The third kappa shape index (κ3) is 6.99. The monoisotopic (exact) mass is 266 g/mol. The van der Waals surface area contributed by atoms with Gasteiger partial charge in [0, 0.05) is 19.3 Å². The first kappa shape index (κ1) is 16.5. The minimum absolute atomic E-state index is 0.250. The molecule has 1 rings (SSSR count). The van der Waals surface area contributed by atoms with Gasteiger partial charge in [-0.3, -0.25) is 0 Å². The molecule has 0 unspecified atom stereocenters. The van der Waals surface area contributed by atoms with E-state index in [0.717, 1.165) is 38.9 Å². The first-order valence-corrected chi connectivity index (χ1v) is 8.04. The molecule has 0 N–H and O–H groups in total. The van der Waals surface area contributed by atoms with Gasteiger partial charge < -0.3 is 9.47 Å². The van der Waals surface area contributed by atoms with Crippen LogP contribution in [0.3, 0.4) is 0 Å². The molecule has 0 bridgehead atoms. The van der Waals surface area contributed by atoms with E-state index in [0.29, 0.717) is 0 Å². The molecule has 0 amide bonds. The van der Waals surface area contributed by atoms with E-state index in [2.05, 4.69) is 12.8 Å². The SMILES string of the molecule is C#CCCCCCCC1(CCCCCC)OCCO1. The smallest absolute Gasteiger partial charge is 0.168 e. The van der Waals surface area contributed by atoms with Gasteiger partial charge in [-0.2, -0.15) is 0 Å². The quantitative estimate of drug-likeness (QED) is 0.399. The molecule has 1 aliphatic heterocycles. The van der Waals surface area contributed by atoms with Crippen LogP contribution < -0.4 is 0 Å². The Kier molecular flexibility index (Phi) is 8.95. The van der Waals surface area contributed by atoms with E-state index in [1.807, 2.05) is 0 Å². The summed E-state index contributed by atoms with van der Waals surface area (Å²) in [5, 5.41) is 0. The van der Waals surface area contributed by atoms with Gasteiger partial charge >= 0.3 is 0 Å². The standard InChI is InChI=1S/C17H30O2/c1-3-5-7-9-10-12-14-17(18-15-16-19-17)13-11-8-6-4-2/h1H,4-16H2,2H3. The third-order valence-electron chi connectivity index (χ3n) is 3.85. The Morgan fingerprint density at radius 3 is 2.05 bits per heavy atom. The zero-order chi connectivity index (χ0) is 13.8. The van der Waals surface area contributed by atoms with Crippen LogP contribution in [-0.4, -0.2) is 19.0 Å².